The van der Waals surface area contributed by atoms with Crippen molar-refractivity contribution in [1.82, 2.24) is 5.32 Å². The zero-order valence-corrected chi connectivity index (χ0v) is 11.7. The summed E-state index contributed by atoms with van der Waals surface area (Å²) < 4.78 is 5.58. The Morgan fingerprint density at radius 2 is 2.28 bits per heavy atom. The number of morpholine rings is 1. The van der Waals surface area contributed by atoms with Gasteiger partial charge >= 0.3 is 0 Å². The lowest BCUT2D eigenvalue weighted by atomic mass is 10.1. The summed E-state index contributed by atoms with van der Waals surface area (Å²) in [6.45, 7) is 8.07. The molecule has 18 heavy (non-hydrogen) atoms. The van der Waals surface area contributed by atoms with Crippen LogP contribution in [0.1, 0.15) is 24.5 Å². The van der Waals surface area contributed by atoms with Crippen LogP contribution in [0.25, 0.3) is 0 Å². The molecule has 1 aromatic carbocycles. The number of nitrogens with zero attached hydrogens (tertiary/aromatic N) is 1. The topological polar surface area (TPSA) is 24.5 Å². The Hall–Kier alpha value is -1.06. The molecule has 0 radical (unpaired) electrons. The first-order valence-electron chi connectivity index (χ1n) is 6.84. The van der Waals surface area contributed by atoms with Gasteiger partial charge in [0.25, 0.3) is 0 Å². The molecule has 1 unspecified atom stereocenters. The molecular formula is C15H24N2O. The molecule has 0 amide bonds. The van der Waals surface area contributed by atoms with Crippen molar-refractivity contribution in [2.75, 3.05) is 31.7 Å². The van der Waals surface area contributed by atoms with E-state index in [1.54, 1.807) is 0 Å². The van der Waals surface area contributed by atoms with Gasteiger partial charge in [0.15, 0.2) is 0 Å². The van der Waals surface area contributed by atoms with E-state index in [9.17, 15) is 0 Å². The number of nitrogens with one attached hydrogen (secondary N) is 1. The molecule has 0 spiro atoms. The van der Waals surface area contributed by atoms with Crippen molar-refractivity contribution in [3.8, 4) is 0 Å². The lowest BCUT2D eigenvalue weighted by Gasteiger charge is -2.38. The van der Waals surface area contributed by atoms with Gasteiger partial charge in [-0.25, -0.2) is 0 Å². The number of ether oxygens (including phenoxy) is 1. The van der Waals surface area contributed by atoms with Crippen LogP contribution in [0.2, 0.25) is 0 Å². The molecule has 1 fully saturated rings. The summed E-state index contributed by atoms with van der Waals surface area (Å²) in [4.78, 5) is 2.50. The van der Waals surface area contributed by atoms with Crippen molar-refractivity contribution in [2.24, 2.45) is 0 Å². The number of hydrogen-bond acceptors (Lipinski definition) is 3. The standard InChI is InChI=1S/C15H24N2O/c1-4-14-11-18-8-7-17(14)15-6-5-13(10-16-3)9-12(15)2/h5-6,9,14,16H,4,7-8,10-11H2,1-3H3. The highest BCUT2D eigenvalue weighted by molar-refractivity contribution is 5.55. The lowest BCUT2D eigenvalue weighted by Crippen LogP contribution is -2.45. The van der Waals surface area contributed by atoms with E-state index in [1.165, 1.54) is 16.8 Å². The van der Waals surface area contributed by atoms with Gasteiger partial charge in [-0.15, -0.1) is 0 Å². The molecule has 0 aromatic heterocycles. The number of anilines is 1. The normalized spacial score (nSPS) is 20.2. The van der Waals surface area contributed by atoms with Crippen LogP contribution in [0.5, 0.6) is 0 Å². The molecule has 3 heteroatoms. The van der Waals surface area contributed by atoms with E-state index < -0.39 is 0 Å². The van der Waals surface area contributed by atoms with Gasteiger partial charge in [-0.2, -0.15) is 0 Å². The second kappa shape index (κ2) is 6.21. The minimum Gasteiger partial charge on any atom is -0.377 e. The molecular weight excluding hydrogens is 224 g/mol. The minimum absolute atomic E-state index is 0.521. The zero-order valence-electron chi connectivity index (χ0n) is 11.7. The first kappa shape index (κ1) is 13.4. The summed E-state index contributed by atoms with van der Waals surface area (Å²) in [5.41, 5.74) is 4.08. The molecule has 1 aliphatic rings. The molecule has 1 saturated heterocycles. The van der Waals surface area contributed by atoms with Gasteiger partial charge < -0.3 is 15.0 Å². The maximum absolute atomic E-state index is 5.58. The molecule has 3 nitrogen and oxygen atoms in total. The van der Waals surface area contributed by atoms with Crippen LogP contribution < -0.4 is 10.2 Å². The largest absolute Gasteiger partial charge is 0.377 e. The molecule has 2 rings (SSSR count). The third-order valence-electron chi connectivity index (χ3n) is 3.65. The van der Waals surface area contributed by atoms with Gasteiger partial charge in [-0.3, -0.25) is 0 Å². The second-order valence-corrected chi connectivity index (χ2v) is 4.98. The van der Waals surface area contributed by atoms with Crippen LogP contribution in [0.15, 0.2) is 18.2 Å². The monoisotopic (exact) mass is 248 g/mol. The molecule has 1 aliphatic heterocycles. The van der Waals surface area contributed by atoms with Crippen molar-refractivity contribution >= 4 is 5.69 Å². The number of benzene rings is 1. The third kappa shape index (κ3) is 2.85. The van der Waals surface area contributed by atoms with E-state index in [2.05, 4.69) is 42.3 Å². The Balaban J connectivity index is 2.21. The third-order valence-corrected chi connectivity index (χ3v) is 3.65. The summed E-state index contributed by atoms with van der Waals surface area (Å²) in [7, 11) is 1.98. The van der Waals surface area contributed by atoms with Crippen molar-refractivity contribution in [2.45, 2.75) is 32.9 Å². The number of rotatable bonds is 4. The van der Waals surface area contributed by atoms with Crippen LogP contribution in [0.3, 0.4) is 0 Å². The molecule has 0 saturated carbocycles. The van der Waals surface area contributed by atoms with Crippen LogP contribution in [0.4, 0.5) is 5.69 Å². The number of aryl methyl sites for hydroxylation is 1. The summed E-state index contributed by atoms with van der Waals surface area (Å²) in [5, 5.41) is 3.20. The highest BCUT2D eigenvalue weighted by Crippen LogP contribution is 2.26. The summed E-state index contributed by atoms with van der Waals surface area (Å²) >= 11 is 0. The van der Waals surface area contributed by atoms with Crippen molar-refractivity contribution < 1.29 is 4.74 Å². The zero-order chi connectivity index (χ0) is 13.0. The Kier molecular flexibility index (Phi) is 4.61. The molecule has 1 heterocycles. The van der Waals surface area contributed by atoms with Crippen molar-refractivity contribution in [3.05, 3.63) is 29.3 Å². The average molecular weight is 248 g/mol. The fourth-order valence-corrected chi connectivity index (χ4v) is 2.66. The Morgan fingerprint density at radius 1 is 1.44 bits per heavy atom. The van der Waals surface area contributed by atoms with Crippen LogP contribution in [0, 0.1) is 6.92 Å². The number of hydrogen-bond donors (Lipinski definition) is 1. The van der Waals surface area contributed by atoms with Gasteiger partial charge in [-0.1, -0.05) is 19.1 Å². The SMILES string of the molecule is CCC1COCCN1c1ccc(CNC)cc1C. The highest BCUT2D eigenvalue weighted by Gasteiger charge is 2.22. The molecule has 100 valence electrons. The van der Waals surface area contributed by atoms with E-state index in [-0.39, 0.29) is 0 Å². The highest BCUT2D eigenvalue weighted by atomic mass is 16.5. The van der Waals surface area contributed by atoms with Crippen molar-refractivity contribution in [3.63, 3.8) is 0 Å². The van der Waals surface area contributed by atoms with Crippen molar-refractivity contribution in [1.29, 1.82) is 0 Å². The van der Waals surface area contributed by atoms with E-state index >= 15 is 0 Å². The van der Waals surface area contributed by atoms with Crippen LogP contribution >= 0.6 is 0 Å². The molecule has 0 bridgehead atoms. The van der Waals surface area contributed by atoms with E-state index in [0.717, 1.165) is 32.7 Å². The lowest BCUT2D eigenvalue weighted by molar-refractivity contribution is 0.0929. The second-order valence-electron chi connectivity index (χ2n) is 4.98. The molecule has 1 aromatic rings. The van der Waals surface area contributed by atoms with Gasteiger partial charge in [0, 0.05) is 18.8 Å². The van der Waals surface area contributed by atoms with Gasteiger partial charge in [-0.05, 0) is 37.6 Å². The predicted octanol–water partition coefficient (Wildman–Crippen LogP) is 2.33. The maximum Gasteiger partial charge on any atom is 0.0670 e. The molecule has 1 atom stereocenters. The van der Waals surface area contributed by atoms with Gasteiger partial charge in [0.1, 0.15) is 0 Å². The quantitative estimate of drug-likeness (QED) is 0.885. The Bertz CT molecular complexity index is 392. The summed E-state index contributed by atoms with van der Waals surface area (Å²) in [6, 6.07) is 7.29. The molecule has 0 aliphatic carbocycles. The first-order valence-corrected chi connectivity index (χ1v) is 6.84. The van der Waals surface area contributed by atoms with E-state index in [0.29, 0.717) is 6.04 Å². The fourth-order valence-electron chi connectivity index (χ4n) is 2.66. The first-order chi connectivity index (χ1) is 8.76. The average Bonchev–Trinajstić information content (AvgIpc) is 2.39. The Labute approximate surface area is 110 Å². The maximum atomic E-state index is 5.58. The van der Waals surface area contributed by atoms with E-state index in [1.807, 2.05) is 7.05 Å². The molecule has 1 N–H and O–H groups in total. The predicted molar refractivity (Wildman–Crippen MR) is 76.2 cm³/mol. The minimum atomic E-state index is 0.521. The van der Waals surface area contributed by atoms with Gasteiger partial charge in [0.2, 0.25) is 0 Å². The summed E-state index contributed by atoms with van der Waals surface area (Å²) in [5.74, 6) is 0. The Morgan fingerprint density at radius 3 is 2.94 bits per heavy atom. The fraction of sp³-hybridized carbons (Fsp3) is 0.600. The smallest absolute Gasteiger partial charge is 0.0670 e. The van der Waals surface area contributed by atoms with E-state index in [4.69, 9.17) is 4.74 Å². The van der Waals surface area contributed by atoms with Crippen LogP contribution in [-0.4, -0.2) is 32.8 Å². The van der Waals surface area contributed by atoms with Crippen LogP contribution in [-0.2, 0) is 11.3 Å². The summed E-state index contributed by atoms with van der Waals surface area (Å²) in [6.07, 6.45) is 1.14. The van der Waals surface area contributed by atoms with Gasteiger partial charge in [0.05, 0.1) is 19.3 Å².